The second-order valence-electron chi connectivity index (χ2n) is 6.62. The molecule has 0 saturated carbocycles. The third-order valence-electron chi connectivity index (χ3n) is 5.00. The van der Waals surface area contributed by atoms with Crippen molar-refractivity contribution in [2.45, 2.75) is 19.3 Å². The number of pyridine rings is 1. The lowest BCUT2D eigenvalue weighted by atomic mass is 9.96. The Bertz CT molecular complexity index is 829. The number of hydrogen-bond donors (Lipinski definition) is 0. The van der Waals surface area contributed by atoms with Crippen LogP contribution in [0.2, 0.25) is 0 Å². The Hall–Kier alpha value is -2.95. The molecule has 2 amide bonds. The molecule has 26 heavy (non-hydrogen) atoms. The van der Waals surface area contributed by atoms with Crippen LogP contribution in [0.1, 0.15) is 33.8 Å². The smallest absolute Gasteiger partial charge is 0.253 e. The predicted octanol–water partition coefficient (Wildman–Crippen LogP) is 3.17. The number of aromatic nitrogens is 1. The van der Waals surface area contributed by atoms with Crippen LogP contribution in [0.15, 0.2) is 55.4 Å². The van der Waals surface area contributed by atoms with Crippen LogP contribution in [0.4, 0.5) is 5.69 Å². The van der Waals surface area contributed by atoms with Crippen LogP contribution in [-0.2, 0) is 4.79 Å². The maximum atomic E-state index is 12.8. The maximum Gasteiger partial charge on any atom is 0.253 e. The second-order valence-corrected chi connectivity index (χ2v) is 6.62. The van der Waals surface area contributed by atoms with Crippen molar-refractivity contribution in [3.8, 4) is 0 Å². The average Bonchev–Trinajstić information content (AvgIpc) is 3.16. The number of carbonyl (C=O) groups excluding carboxylic acids is 2. The number of hydrogen-bond acceptors (Lipinski definition) is 3. The van der Waals surface area contributed by atoms with Gasteiger partial charge in [-0.25, -0.2) is 0 Å². The molecule has 3 rings (SSSR count). The Morgan fingerprint density at radius 3 is 2.65 bits per heavy atom. The Balaban J connectivity index is 1.69. The SMILES string of the molecule is C=CC(=O)N(C)c1ccc(C(=O)N2CCC(c3cnccc3C)C2)cc1. The van der Waals surface area contributed by atoms with Crippen LogP contribution < -0.4 is 4.90 Å². The third-order valence-corrected chi connectivity index (χ3v) is 5.00. The van der Waals surface area contributed by atoms with Crippen LogP contribution in [0.25, 0.3) is 0 Å². The molecule has 0 spiro atoms. The van der Waals surface area contributed by atoms with E-state index in [-0.39, 0.29) is 11.8 Å². The zero-order chi connectivity index (χ0) is 18.7. The first kappa shape index (κ1) is 17.9. The minimum atomic E-state index is -0.182. The second kappa shape index (κ2) is 7.52. The fraction of sp³-hybridized carbons (Fsp3) is 0.286. The number of carbonyl (C=O) groups is 2. The molecule has 0 bridgehead atoms. The summed E-state index contributed by atoms with van der Waals surface area (Å²) in [6.45, 7) is 7.03. The van der Waals surface area contributed by atoms with Gasteiger partial charge in [0, 0.05) is 49.7 Å². The molecule has 1 aromatic carbocycles. The maximum absolute atomic E-state index is 12.8. The molecule has 5 nitrogen and oxygen atoms in total. The van der Waals surface area contributed by atoms with Gasteiger partial charge in [-0.3, -0.25) is 14.6 Å². The highest BCUT2D eigenvalue weighted by molar-refractivity contribution is 6.01. The predicted molar refractivity (Wildman–Crippen MR) is 102 cm³/mol. The molecular weight excluding hydrogens is 326 g/mol. The van der Waals surface area contributed by atoms with E-state index in [0.717, 1.165) is 18.7 Å². The number of anilines is 1. The Kier molecular flexibility index (Phi) is 5.16. The van der Waals surface area contributed by atoms with Crippen LogP contribution in [0.5, 0.6) is 0 Å². The van der Waals surface area contributed by atoms with E-state index in [1.54, 1.807) is 37.5 Å². The van der Waals surface area contributed by atoms with Crippen molar-refractivity contribution in [2.24, 2.45) is 0 Å². The van der Waals surface area contributed by atoms with E-state index >= 15 is 0 Å². The van der Waals surface area contributed by atoms with Gasteiger partial charge < -0.3 is 9.80 Å². The summed E-state index contributed by atoms with van der Waals surface area (Å²) < 4.78 is 0. The molecule has 0 aliphatic carbocycles. The molecule has 0 N–H and O–H groups in total. The lowest BCUT2D eigenvalue weighted by Gasteiger charge is -2.19. The molecule has 134 valence electrons. The minimum Gasteiger partial charge on any atom is -0.338 e. The van der Waals surface area contributed by atoms with Crippen molar-refractivity contribution in [1.82, 2.24) is 9.88 Å². The van der Waals surface area contributed by atoms with Crippen LogP contribution in [0.3, 0.4) is 0 Å². The van der Waals surface area contributed by atoms with E-state index in [1.807, 2.05) is 17.2 Å². The molecular formula is C21H23N3O2. The summed E-state index contributed by atoms with van der Waals surface area (Å²) in [5, 5.41) is 0. The van der Waals surface area contributed by atoms with E-state index in [1.165, 1.54) is 22.1 Å². The van der Waals surface area contributed by atoms with Crippen molar-refractivity contribution < 1.29 is 9.59 Å². The zero-order valence-electron chi connectivity index (χ0n) is 15.2. The highest BCUT2D eigenvalue weighted by Gasteiger charge is 2.28. The van der Waals surface area contributed by atoms with Gasteiger partial charge in [0.25, 0.3) is 5.91 Å². The largest absolute Gasteiger partial charge is 0.338 e. The fourth-order valence-electron chi connectivity index (χ4n) is 3.38. The summed E-state index contributed by atoms with van der Waals surface area (Å²) in [5.41, 5.74) is 3.81. The molecule has 5 heteroatoms. The van der Waals surface area contributed by atoms with Gasteiger partial charge in [0.2, 0.25) is 5.91 Å². The van der Waals surface area contributed by atoms with Crippen molar-refractivity contribution in [2.75, 3.05) is 25.0 Å². The quantitative estimate of drug-likeness (QED) is 0.797. The van der Waals surface area contributed by atoms with Gasteiger partial charge in [0.05, 0.1) is 0 Å². The van der Waals surface area contributed by atoms with E-state index in [0.29, 0.717) is 18.0 Å². The molecule has 2 aromatic rings. The van der Waals surface area contributed by atoms with Gasteiger partial charge >= 0.3 is 0 Å². The molecule has 1 atom stereocenters. The number of amides is 2. The summed E-state index contributed by atoms with van der Waals surface area (Å²) in [5.74, 6) is 0.180. The molecule has 0 radical (unpaired) electrons. The highest BCUT2D eigenvalue weighted by atomic mass is 16.2. The zero-order valence-corrected chi connectivity index (χ0v) is 15.2. The van der Waals surface area contributed by atoms with E-state index < -0.39 is 0 Å². The Morgan fingerprint density at radius 2 is 2.00 bits per heavy atom. The summed E-state index contributed by atoms with van der Waals surface area (Å²) in [4.78, 5) is 32.1. The normalized spacial score (nSPS) is 16.4. The average molecular weight is 349 g/mol. The van der Waals surface area contributed by atoms with Crippen molar-refractivity contribution in [3.05, 3.63) is 72.1 Å². The first-order valence-electron chi connectivity index (χ1n) is 8.71. The highest BCUT2D eigenvalue weighted by Crippen LogP contribution is 2.29. The van der Waals surface area contributed by atoms with Crippen molar-refractivity contribution in [3.63, 3.8) is 0 Å². The van der Waals surface area contributed by atoms with Crippen LogP contribution in [0, 0.1) is 6.92 Å². The number of likely N-dealkylation sites (N-methyl/N-ethyl adjacent to an activating group) is 1. The van der Waals surface area contributed by atoms with Crippen LogP contribution in [-0.4, -0.2) is 41.8 Å². The summed E-state index contributed by atoms with van der Waals surface area (Å²) in [6.07, 6.45) is 5.93. The minimum absolute atomic E-state index is 0.0262. The Morgan fingerprint density at radius 1 is 1.27 bits per heavy atom. The molecule has 1 unspecified atom stereocenters. The number of aryl methyl sites for hydroxylation is 1. The lowest BCUT2D eigenvalue weighted by molar-refractivity contribution is -0.113. The molecule has 1 aliphatic heterocycles. The van der Waals surface area contributed by atoms with Crippen molar-refractivity contribution >= 4 is 17.5 Å². The van der Waals surface area contributed by atoms with E-state index in [4.69, 9.17) is 0 Å². The summed E-state index contributed by atoms with van der Waals surface area (Å²) in [6, 6.07) is 9.13. The molecule has 1 aliphatic rings. The monoisotopic (exact) mass is 349 g/mol. The Labute approximate surface area is 154 Å². The third kappa shape index (κ3) is 3.52. The van der Waals surface area contributed by atoms with Gasteiger partial charge in [-0.2, -0.15) is 0 Å². The fourth-order valence-corrected chi connectivity index (χ4v) is 3.38. The van der Waals surface area contributed by atoms with Crippen molar-refractivity contribution in [1.29, 1.82) is 0 Å². The topological polar surface area (TPSA) is 53.5 Å². The molecule has 1 fully saturated rings. The molecule has 1 aromatic heterocycles. The van der Waals surface area contributed by atoms with E-state index in [9.17, 15) is 9.59 Å². The van der Waals surface area contributed by atoms with Gasteiger partial charge in [0.1, 0.15) is 0 Å². The van der Waals surface area contributed by atoms with Crippen LogP contribution >= 0.6 is 0 Å². The standard InChI is InChI=1S/C21H23N3O2/c1-4-20(25)23(3)18-7-5-16(6-8-18)21(26)24-12-10-17(14-24)19-13-22-11-9-15(19)2/h4-9,11,13,17H,1,10,12,14H2,2-3H3. The molecule has 2 heterocycles. The first-order valence-corrected chi connectivity index (χ1v) is 8.71. The van der Waals surface area contributed by atoms with Gasteiger partial charge in [-0.05, 0) is 60.9 Å². The summed E-state index contributed by atoms with van der Waals surface area (Å²) in [7, 11) is 1.68. The van der Waals surface area contributed by atoms with Gasteiger partial charge in [0.15, 0.2) is 0 Å². The number of benzene rings is 1. The number of nitrogens with zero attached hydrogens (tertiary/aromatic N) is 3. The number of likely N-dealkylation sites (tertiary alicyclic amines) is 1. The first-order chi connectivity index (χ1) is 12.5. The van der Waals surface area contributed by atoms with Gasteiger partial charge in [-0.15, -0.1) is 0 Å². The molecule has 1 saturated heterocycles. The lowest BCUT2D eigenvalue weighted by Crippen LogP contribution is -2.28. The van der Waals surface area contributed by atoms with Gasteiger partial charge in [-0.1, -0.05) is 6.58 Å². The number of rotatable bonds is 4. The van der Waals surface area contributed by atoms with E-state index in [2.05, 4.69) is 18.5 Å². The summed E-state index contributed by atoms with van der Waals surface area (Å²) >= 11 is 0.